The van der Waals surface area contributed by atoms with Crippen LogP contribution >= 0.6 is 11.6 Å². The first kappa shape index (κ1) is 27.7. The first-order chi connectivity index (χ1) is 14.8. The molecule has 1 aromatic carbocycles. The number of ether oxygens (including phenoxy) is 2. The summed E-state index contributed by atoms with van der Waals surface area (Å²) in [7, 11) is -1.36. The normalized spacial score (nSPS) is 11.5. The summed E-state index contributed by atoms with van der Waals surface area (Å²) in [6.45, 7) is 8.95. The number of hydrogen-bond acceptors (Lipinski definition) is 4. The molecule has 0 bridgehead atoms. The molecular weight excluding hydrogens is 428 g/mol. The van der Waals surface area contributed by atoms with Crippen molar-refractivity contribution in [2.45, 2.75) is 90.8 Å². The molecule has 1 rings (SSSR count). The summed E-state index contributed by atoms with van der Waals surface area (Å²) in [5.74, 6) is -1.68. The first-order valence-electron chi connectivity index (χ1n) is 11.9. The van der Waals surface area contributed by atoms with Crippen LogP contribution in [0.5, 0.6) is 0 Å². The van der Waals surface area contributed by atoms with Gasteiger partial charge < -0.3 is 9.47 Å². The van der Waals surface area contributed by atoms with Crippen molar-refractivity contribution >= 4 is 36.8 Å². The number of carbonyl (C=O) groups excluding carboxylic acids is 2. The quantitative estimate of drug-likeness (QED) is 0.120. The topological polar surface area (TPSA) is 52.6 Å². The zero-order chi connectivity index (χ0) is 23.1. The molecule has 176 valence electrons. The van der Waals surface area contributed by atoms with E-state index in [0.29, 0.717) is 6.42 Å². The van der Waals surface area contributed by atoms with E-state index in [4.69, 9.17) is 21.1 Å². The minimum Gasteiger partial charge on any atom is -0.465 e. The van der Waals surface area contributed by atoms with Gasteiger partial charge in [-0.2, -0.15) is 0 Å². The Kier molecular flexibility index (Phi) is 13.8. The van der Waals surface area contributed by atoms with Gasteiger partial charge in [-0.15, -0.1) is 0 Å². The second-order valence-electron chi connectivity index (χ2n) is 8.81. The van der Waals surface area contributed by atoms with E-state index in [1.165, 1.54) is 43.3 Å². The fourth-order valence-electron chi connectivity index (χ4n) is 3.84. The molecule has 0 atom stereocenters. The van der Waals surface area contributed by atoms with E-state index in [9.17, 15) is 9.59 Å². The van der Waals surface area contributed by atoms with Gasteiger partial charge in [-0.05, 0) is 32.4 Å². The molecule has 0 saturated heterocycles. The average molecular weight is 469 g/mol. The largest absolute Gasteiger partial charge is 0.465 e. The van der Waals surface area contributed by atoms with Gasteiger partial charge in [-0.3, -0.25) is 9.59 Å². The van der Waals surface area contributed by atoms with E-state index < -0.39 is 25.9 Å². The predicted molar refractivity (Wildman–Crippen MR) is 132 cm³/mol. The highest BCUT2D eigenvalue weighted by Crippen LogP contribution is 2.19. The van der Waals surface area contributed by atoms with Crippen LogP contribution in [0.3, 0.4) is 0 Å². The molecule has 0 saturated carbocycles. The van der Waals surface area contributed by atoms with Gasteiger partial charge >= 0.3 is 11.9 Å². The molecule has 0 aliphatic carbocycles. The Labute approximate surface area is 195 Å². The smallest absolute Gasteiger partial charge is 0.320 e. The van der Waals surface area contributed by atoms with Gasteiger partial charge in [0.2, 0.25) is 0 Å². The van der Waals surface area contributed by atoms with Gasteiger partial charge in [0.15, 0.2) is 5.92 Å². The Balaban J connectivity index is 2.14. The van der Waals surface area contributed by atoms with E-state index >= 15 is 0 Å². The molecule has 0 N–H and O–H groups in total. The summed E-state index contributed by atoms with van der Waals surface area (Å²) < 4.78 is 10.0. The minimum absolute atomic E-state index is 0.286. The summed E-state index contributed by atoms with van der Waals surface area (Å²) in [6.07, 6.45) is 9.86. The van der Waals surface area contributed by atoms with E-state index in [2.05, 4.69) is 25.2 Å². The number of rotatable bonds is 16. The Morgan fingerprint density at radius 2 is 1.26 bits per heavy atom. The minimum atomic E-state index is -1.36. The lowest BCUT2D eigenvalue weighted by atomic mass is 10.00. The van der Waals surface area contributed by atoms with Gasteiger partial charge in [0.1, 0.15) is 0 Å². The molecular formula is C25H41ClO4Si. The third-order valence-electron chi connectivity index (χ3n) is 5.81. The molecule has 0 aliphatic heterocycles. The fraction of sp³-hybridized carbons (Fsp3) is 0.680. The molecule has 4 nitrogen and oxygen atoms in total. The lowest BCUT2D eigenvalue weighted by molar-refractivity contribution is -0.161. The first-order valence-corrected chi connectivity index (χ1v) is 15.5. The fourth-order valence-corrected chi connectivity index (χ4v) is 6.46. The van der Waals surface area contributed by atoms with Crippen molar-refractivity contribution in [2.75, 3.05) is 13.2 Å². The highest BCUT2D eigenvalue weighted by Gasteiger charge is 2.28. The van der Waals surface area contributed by atoms with Crippen LogP contribution < -0.4 is 5.19 Å². The highest BCUT2D eigenvalue weighted by molar-refractivity contribution is 6.89. The van der Waals surface area contributed by atoms with Crippen LogP contribution in [0.4, 0.5) is 0 Å². The van der Waals surface area contributed by atoms with Gasteiger partial charge in [0.05, 0.1) is 21.3 Å². The van der Waals surface area contributed by atoms with Gasteiger partial charge in [-0.1, -0.05) is 99.4 Å². The maximum atomic E-state index is 12.0. The predicted octanol–water partition coefficient (Wildman–Crippen LogP) is 6.51. The maximum Gasteiger partial charge on any atom is 0.320 e. The number of carbonyl (C=O) groups is 2. The monoisotopic (exact) mass is 468 g/mol. The third kappa shape index (κ3) is 11.2. The lowest BCUT2D eigenvalue weighted by Gasteiger charge is -2.23. The second kappa shape index (κ2) is 15.5. The van der Waals surface area contributed by atoms with Crippen molar-refractivity contribution in [3.05, 3.63) is 29.3 Å². The van der Waals surface area contributed by atoms with Gasteiger partial charge in [-0.25, -0.2) is 0 Å². The number of benzene rings is 1. The lowest BCUT2D eigenvalue weighted by Crippen LogP contribution is -2.40. The third-order valence-corrected chi connectivity index (χ3v) is 9.56. The van der Waals surface area contributed by atoms with Crippen LogP contribution in [0.15, 0.2) is 24.3 Å². The van der Waals surface area contributed by atoms with Crippen molar-refractivity contribution < 1.29 is 19.1 Å². The summed E-state index contributed by atoms with van der Waals surface area (Å²) in [5.41, 5.74) is 0. The molecule has 0 fully saturated rings. The van der Waals surface area contributed by atoms with E-state index in [1.807, 2.05) is 12.1 Å². The number of unbranched alkanes of at least 4 members (excludes halogenated alkanes) is 7. The number of halogens is 1. The van der Waals surface area contributed by atoms with Crippen LogP contribution in [-0.2, 0) is 19.1 Å². The van der Waals surface area contributed by atoms with Gasteiger partial charge in [0.25, 0.3) is 0 Å². The van der Waals surface area contributed by atoms with Gasteiger partial charge in [0, 0.05) is 5.02 Å². The molecule has 0 unspecified atom stereocenters. The molecule has 0 amide bonds. The van der Waals surface area contributed by atoms with Crippen LogP contribution in [0.2, 0.25) is 24.2 Å². The van der Waals surface area contributed by atoms with E-state index in [0.717, 1.165) is 24.3 Å². The van der Waals surface area contributed by atoms with Crippen molar-refractivity contribution in [3.8, 4) is 0 Å². The van der Waals surface area contributed by atoms with Crippen molar-refractivity contribution in [1.82, 2.24) is 0 Å². The van der Waals surface area contributed by atoms with Crippen LogP contribution in [0, 0.1) is 5.92 Å². The molecule has 0 radical (unpaired) electrons. The molecule has 0 aromatic heterocycles. The highest BCUT2D eigenvalue weighted by atomic mass is 35.5. The number of hydrogen-bond donors (Lipinski definition) is 0. The maximum absolute atomic E-state index is 12.0. The van der Waals surface area contributed by atoms with Crippen molar-refractivity contribution in [3.63, 3.8) is 0 Å². The molecule has 1 aromatic rings. The molecule has 0 spiro atoms. The molecule has 31 heavy (non-hydrogen) atoms. The van der Waals surface area contributed by atoms with Crippen LogP contribution in [0.1, 0.15) is 71.6 Å². The molecule has 0 aliphatic rings. The molecule has 0 heterocycles. The summed E-state index contributed by atoms with van der Waals surface area (Å²) >= 11 is 6.01. The average Bonchev–Trinajstić information content (AvgIpc) is 2.72. The van der Waals surface area contributed by atoms with E-state index in [-0.39, 0.29) is 13.2 Å². The Hall–Kier alpha value is -1.33. The number of esters is 2. The Morgan fingerprint density at radius 3 is 1.74 bits per heavy atom. The van der Waals surface area contributed by atoms with Crippen LogP contribution in [0.25, 0.3) is 0 Å². The van der Waals surface area contributed by atoms with E-state index in [1.54, 1.807) is 13.8 Å². The van der Waals surface area contributed by atoms with Crippen molar-refractivity contribution in [1.29, 1.82) is 0 Å². The Bertz CT molecular complexity index is 627. The second-order valence-corrected chi connectivity index (χ2v) is 14.1. The SMILES string of the molecule is CCOC(=O)C(CCCCCCCCCC[Si](C)(C)c1ccc(Cl)cc1)C(=O)OCC. The van der Waals surface area contributed by atoms with Crippen molar-refractivity contribution in [2.24, 2.45) is 5.92 Å². The summed E-state index contributed by atoms with van der Waals surface area (Å²) in [6, 6.07) is 9.73. The zero-order valence-electron chi connectivity index (χ0n) is 19.9. The zero-order valence-corrected chi connectivity index (χ0v) is 21.6. The van der Waals surface area contributed by atoms with Crippen LogP contribution in [-0.4, -0.2) is 33.2 Å². The summed E-state index contributed by atoms with van der Waals surface area (Å²) in [4.78, 5) is 24.0. The standard InChI is InChI=1S/C25H41ClO4Si/c1-5-29-24(27)23(25(28)30-6-2)15-13-11-9-7-8-10-12-14-20-31(3,4)22-18-16-21(26)17-19-22/h16-19,23H,5-15,20H2,1-4H3. The summed E-state index contributed by atoms with van der Waals surface area (Å²) in [5, 5.41) is 2.30. The Morgan fingerprint density at radius 1 is 0.806 bits per heavy atom. The molecule has 6 heteroatoms.